The lowest BCUT2D eigenvalue weighted by Gasteiger charge is -2.08. The van der Waals surface area contributed by atoms with Crippen LogP contribution in [0.2, 0.25) is 5.02 Å². The minimum Gasteiger partial charge on any atom is -0.273 e. The third-order valence-corrected chi connectivity index (χ3v) is 3.30. The summed E-state index contributed by atoms with van der Waals surface area (Å²) >= 11 is 5.95. The summed E-state index contributed by atoms with van der Waals surface area (Å²) in [6, 6.07) is 12.6. The van der Waals surface area contributed by atoms with Crippen LogP contribution in [0.5, 0.6) is 0 Å². The summed E-state index contributed by atoms with van der Waals surface area (Å²) in [6.45, 7) is 0. The maximum absolute atomic E-state index is 12.7. The van der Waals surface area contributed by atoms with E-state index in [1.165, 1.54) is 24.3 Å². The fourth-order valence-corrected chi connectivity index (χ4v) is 2.03. The molecule has 0 saturated heterocycles. The van der Waals surface area contributed by atoms with E-state index in [1.54, 1.807) is 24.3 Å². The first-order valence-electron chi connectivity index (χ1n) is 6.60. The van der Waals surface area contributed by atoms with Gasteiger partial charge in [0.25, 0.3) is 0 Å². The molecule has 0 atom stereocenters. The van der Waals surface area contributed by atoms with Crippen molar-refractivity contribution in [2.75, 3.05) is 0 Å². The van der Waals surface area contributed by atoms with Gasteiger partial charge in [-0.05, 0) is 29.3 Å². The van der Waals surface area contributed by atoms with Crippen LogP contribution in [-0.4, -0.2) is 11.8 Å². The van der Waals surface area contributed by atoms with E-state index in [9.17, 15) is 14.0 Å². The molecule has 0 aliphatic heterocycles. The molecule has 0 spiro atoms. The molecule has 2 aromatic rings. The lowest BCUT2D eigenvalue weighted by molar-refractivity contribution is -0.128. The van der Waals surface area contributed by atoms with Crippen molar-refractivity contribution < 1.29 is 14.0 Å². The third kappa shape index (κ3) is 4.86. The number of hydrogen-bond acceptors (Lipinski definition) is 2. The number of carbonyl (C=O) groups is 2. The largest absolute Gasteiger partial charge is 0.273 e. The Balaban J connectivity index is 1.79. The standard InChI is InChI=1S/C16H14ClFN2O2/c17-14-4-2-1-3-12(14)10-16(22)20-19-15(21)9-11-5-7-13(18)8-6-11/h1-8H,9-10H2,(H,19,21)(H,20,22). The molecule has 0 aliphatic carbocycles. The molecule has 0 aromatic heterocycles. The molecule has 22 heavy (non-hydrogen) atoms. The average Bonchev–Trinajstić information content (AvgIpc) is 2.50. The van der Waals surface area contributed by atoms with E-state index in [-0.39, 0.29) is 30.5 Å². The highest BCUT2D eigenvalue weighted by atomic mass is 35.5. The summed E-state index contributed by atoms with van der Waals surface area (Å²) in [5.74, 6) is -1.13. The molecule has 4 nitrogen and oxygen atoms in total. The van der Waals surface area contributed by atoms with Gasteiger partial charge in [0.15, 0.2) is 0 Å². The predicted molar refractivity (Wildman–Crippen MR) is 81.5 cm³/mol. The zero-order valence-corrected chi connectivity index (χ0v) is 12.4. The number of carbonyl (C=O) groups excluding carboxylic acids is 2. The van der Waals surface area contributed by atoms with E-state index in [2.05, 4.69) is 10.9 Å². The van der Waals surface area contributed by atoms with Crippen molar-refractivity contribution in [2.45, 2.75) is 12.8 Å². The number of amides is 2. The van der Waals surface area contributed by atoms with Crippen LogP contribution in [0.15, 0.2) is 48.5 Å². The van der Waals surface area contributed by atoms with Crippen molar-refractivity contribution in [3.8, 4) is 0 Å². The van der Waals surface area contributed by atoms with E-state index < -0.39 is 0 Å². The molecular formula is C16H14ClFN2O2. The van der Waals surface area contributed by atoms with Gasteiger partial charge in [0.1, 0.15) is 5.82 Å². The van der Waals surface area contributed by atoms with Crippen LogP contribution in [0.4, 0.5) is 4.39 Å². The predicted octanol–water partition coefficient (Wildman–Crippen LogP) is 2.41. The monoisotopic (exact) mass is 320 g/mol. The maximum Gasteiger partial charge on any atom is 0.242 e. The molecule has 6 heteroatoms. The second kappa shape index (κ2) is 7.56. The summed E-state index contributed by atoms with van der Waals surface area (Å²) in [4.78, 5) is 23.4. The molecule has 0 bridgehead atoms. The Bertz CT molecular complexity index is 674. The van der Waals surface area contributed by atoms with Crippen molar-refractivity contribution in [3.63, 3.8) is 0 Å². The number of nitrogens with one attached hydrogen (secondary N) is 2. The van der Waals surface area contributed by atoms with Crippen LogP contribution in [0, 0.1) is 5.82 Å². The van der Waals surface area contributed by atoms with Crippen LogP contribution in [0.3, 0.4) is 0 Å². The number of halogens is 2. The normalized spacial score (nSPS) is 10.1. The Hall–Kier alpha value is -2.40. The quantitative estimate of drug-likeness (QED) is 0.850. The minimum atomic E-state index is -0.390. The topological polar surface area (TPSA) is 58.2 Å². The fourth-order valence-electron chi connectivity index (χ4n) is 1.83. The van der Waals surface area contributed by atoms with Gasteiger partial charge < -0.3 is 0 Å². The Labute approximate surface area is 132 Å². The molecule has 2 amide bonds. The summed E-state index contributed by atoms with van der Waals surface area (Å²) in [7, 11) is 0. The Morgan fingerprint density at radius 1 is 0.909 bits per heavy atom. The van der Waals surface area contributed by atoms with Gasteiger partial charge >= 0.3 is 0 Å². The Kier molecular flexibility index (Phi) is 5.49. The zero-order valence-electron chi connectivity index (χ0n) is 11.6. The SMILES string of the molecule is O=C(Cc1ccc(F)cc1)NNC(=O)Cc1ccccc1Cl. The first-order chi connectivity index (χ1) is 10.5. The van der Waals surface area contributed by atoms with Crippen LogP contribution in [0.25, 0.3) is 0 Å². The van der Waals surface area contributed by atoms with Crippen molar-refractivity contribution in [2.24, 2.45) is 0 Å². The zero-order chi connectivity index (χ0) is 15.9. The van der Waals surface area contributed by atoms with E-state index in [1.807, 2.05) is 0 Å². The molecule has 0 radical (unpaired) electrons. The highest BCUT2D eigenvalue weighted by Crippen LogP contribution is 2.15. The Morgan fingerprint density at radius 2 is 1.50 bits per heavy atom. The van der Waals surface area contributed by atoms with Crippen LogP contribution >= 0.6 is 11.6 Å². The van der Waals surface area contributed by atoms with Gasteiger partial charge in [-0.15, -0.1) is 0 Å². The first-order valence-corrected chi connectivity index (χ1v) is 6.98. The van der Waals surface area contributed by atoms with Gasteiger partial charge in [-0.1, -0.05) is 41.9 Å². The second-order valence-corrected chi connectivity index (χ2v) is 5.07. The van der Waals surface area contributed by atoms with Gasteiger partial charge in [-0.25, -0.2) is 4.39 Å². The highest BCUT2D eigenvalue weighted by Gasteiger charge is 2.08. The molecule has 2 N–H and O–H groups in total. The van der Waals surface area contributed by atoms with Gasteiger partial charge in [0.2, 0.25) is 11.8 Å². The second-order valence-electron chi connectivity index (χ2n) is 4.67. The summed E-state index contributed by atoms with van der Waals surface area (Å²) in [5, 5.41) is 0.496. The molecule has 2 aromatic carbocycles. The molecule has 2 rings (SSSR count). The number of hydrogen-bond donors (Lipinski definition) is 2. The minimum absolute atomic E-state index is 0.0483. The van der Waals surface area contributed by atoms with Crippen LogP contribution in [-0.2, 0) is 22.4 Å². The molecule has 0 unspecified atom stereocenters. The summed E-state index contributed by atoms with van der Waals surface area (Å²) < 4.78 is 12.7. The van der Waals surface area contributed by atoms with E-state index >= 15 is 0 Å². The van der Waals surface area contributed by atoms with Crippen LogP contribution in [0.1, 0.15) is 11.1 Å². The number of benzene rings is 2. The van der Waals surface area contributed by atoms with E-state index in [0.29, 0.717) is 16.1 Å². The molecular weight excluding hydrogens is 307 g/mol. The fraction of sp³-hybridized carbons (Fsp3) is 0.125. The summed E-state index contributed by atoms with van der Waals surface area (Å²) in [6.07, 6.45) is 0.114. The van der Waals surface area contributed by atoms with Gasteiger partial charge in [-0.3, -0.25) is 20.4 Å². The Morgan fingerprint density at radius 3 is 2.14 bits per heavy atom. The van der Waals surface area contributed by atoms with Gasteiger partial charge in [-0.2, -0.15) is 0 Å². The van der Waals surface area contributed by atoms with Crippen molar-refractivity contribution in [3.05, 3.63) is 70.5 Å². The van der Waals surface area contributed by atoms with Crippen molar-refractivity contribution in [1.82, 2.24) is 10.9 Å². The third-order valence-electron chi connectivity index (χ3n) is 2.93. The number of hydrazine groups is 1. The molecule has 0 aliphatic rings. The van der Waals surface area contributed by atoms with E-state index in [4.69, 9.17) is 11.6 Å². The molecule has 0 saturated carbocycles. The van der Waals surface area contributed by atoms with Crippen LogP contribution < -0.4 is 10.9 Å². The van der Waals surface area contributed by atoms with Gasteiger partial charge in [0.05, 0.1) is 12.8 Å². The average molecular weight is 321 g/mol. The van der Waals surface area contributed by atoms with Gasteiger partial charge in [0, 0.05) is 5.02 Å². The highest BCUT2D eigenvalue weighted by molar-refractivity contribution is 6.31. The first kappa shape index (κ1) is 16.0. The van der Waals surface area contributed by atoms with E-state index in [0.717, 1.165) is 0 Å². The smallest absolute Gasteiger partial charge is 0.242 e. The van der Waals surface area contributed by atoms with Crippen molar-refractivity contribution >= 4 is 23.4 Å². The molecule has 0 fully saturated rings. The lowest BCUT2D eigenvalue weighted by atomic mass is 10.1. The molecule has 0 heterocycles. The number of rotatable bonds is 4. The lowest BCUT2D eigenvalue weighted by Crippen LogP contribution is -2.43. The summed E-state index contributed by atoms with van der Waals surface area (Å²) in [5.41, 5.74) is 5.96. The maximum atomic E-state index is 12.7. The molecule has 114 valence electrons. The van der Waals surface area contributed by atoms with Crippen molar-refractivity contribution in [1.29, 1.82) is 0 Å².